The highest BCUT2D eigenvalue weighted by atomic mass is 32.2. The molecule has 0 bridgehead atoms. The summed E-state index contributed by atoms with van der Waals surface area (Å²) in [5.74, 6) is -0.973. The molecule has 100 valence electrons. The molecule has 0 saturated heterocycles. The van der Waals surface area contributed by atoms with Crippen LogP contribution in [0.4, 0.5) is 0 Å². The number of sulfone groups is 1. The van der Waals surface area contributed by atoms with Gasteiger partial charge in [-0.05, 0) is 19.9 Å². The van der Waals surface area contributed by atoms with E-state index in [1.54, 1.807) is 13.8 Å². The van der Waals surface area contributed by atoms with Crippen molar-refractivity contribution in [3.63, 3.8) is 0 Å². The summed E-state index contributed by atoms with van der Waals surface area (Å²) < 4.78 is 28.2. The van der Waals surface area contributed by atoms with Crippen LogP contribution in [0, 0.1) is 0 Å². The molecule has 0 spiro atoms. The van der Waals surface area contributed by atoms with Crippen LogP contribution in [0.2, 0.25) is 0 Å². The van der Waals surface area contributed by atoms with Crippen LogP contribution in [-0.2, 0) is 9.84 Å². The molecule has 0 amide bonds. The third-order valence-corrected chi connectivity index (χ3v) is 4.49. The van der Waals surface area contributed by atoms with E-state index in [9.17, 15) is 13.2 Å². The maximum Gasteiger partial charge on any atom is 0.337 e. The SMILES string of the molecule is CC(C)S(=O)(=O)CCOc1cncc(C(=O)O)c1. The smallest absolute Gasteiger partial charge is 0.337 e. The molecule has 1 rings (SSSR count). The number of carboxylic acid groups (broad SMARTS) is 1. The van der Waals surface area contributed by atoms with Crippen LogP contribution in [0.5, 0.6) is 5.75 Å². The fourth-order valence-electron chi connectivity index (χ4n) is 1.13. The minimum atomic E-state index is -3.16. The highest BCUT2D eigenvalue weighted by Crippen LogP contribution is 2.11. The zero-order valence-electron chi connectivity index (χ0n) is 10.2. The second kappa shape index (κ2) is 5.81. The van der Waals surface area contributed by atoms with Gasteiger partial charge < -0.3 is 9.84 Å². The molecule has 1 aromatic rings. The van der Waals surface area contributed by atoms with Gasteiger partial charge in [-0.15, -0.1) is 0 Å². The lowest BCUT2D eigenvalue weighted by molar-refractivity contribution is 0.0696. The molecule has 1 N–H and O–H groups in total. The van der Waals surface area contributed by atoms with Gasteiger partial charge in [0.25, 0.3) is 0 Å². The number of pyridine rings is 1. The molecule has 6 nitrogen and oxygen atoms in total. The number of hydrogen-bond donors (Lipinski definition) is 1. The van der Waals surface area contributed by atoms with Gasteiger partial charge in [-0.25, -0.2) is 13.2 Å². The quantitative estimate of drug-likeness (QED) is 0.830. The van der Waals surface area contributed by atoms with Crippen molar-refractivity contribution in [2.24, 2.45) is 0 Å². The topological polar surface area (TPSA) is 93.6 Å². The van der Waals surface area contributed by atoms with Crippen molar-refractivity contribution in [3.05, 3.63) is 24.0 Å². The van der Waals surface area contributed by atoms with Gasteiger partial charge in [0.05, 0.1) is 22.8 Å². The Morgan fingerprint density at radius 3 is 2.67 bits per heavy atom. The number of carboxylic acids is 1. The molecule has 0 fully saturated rings. The number of hydrogen-bond acceptors (Lipinski definition) is 5. The van der Waals surface area contributed by atoms with Gasteiger partial charge in [-0.1, -0.05) is 0 Å². The third-order valence-electron chi connectivity index (χ3n) is 2.31. The standard InChI is InChI=1S/C11H15NO5S/c1-8(2)18(15,16)4-3-17-10-5-9(11(13)14)6-12-7-10/h5-8H,3-4H2,1-2H3,(H,13,14). The Morgan fingerprint density at radius 2 is 2.11 bits per heavy atom. The van der Waals surface area contributed by atoms with E-state index in [4.69, 9.17) is 9.84 Å². The summed E-state index contributed by atoms with van der Waals surface area (Å²) in [6.07, 6.45) is 2.54. The Balaban J connectivity index is 2.60. The van der Waals surface area contributed by atoms with Crippen molar-refractivity contribution in [1.29, 1.82) is 0 Å². The summed E-state index contributed by atoms with van der Waals surface area (Å²) in [6, 6.07) is 1.30. The summed E-state index contributed by atoms with van der Waals surface area (Å²) in [5, 5.41) is 8.29. The van der Waals surface area contributed by atoms with Crippen molar-refractivity contribution in [1.82, 2.24) is 4.98 Å². The summed E-state index contributed by atoms with van der Waals surface area (Å²) in [6.45, 7) is 3.18. The average molecular weight is 273 g/mol. The summed E-state index contributed by atoms with van der Waals surface area (Å²) in [7, 11) is -3.16. The molecule has 0 aliphatic heterocycles. The van der Waals surface area contributed by atoms with Crippen molar-refractivity contribution in [2.75, 3.05) is 12.4 Å². The van der Waals surface area contributed by atoms with Crippen LogP contribution in [-0.4, -0.2) is 42.1 Å². The van der Waals surface area contributed by atoms with Gasteiger partial charge in [0.1, 0.15) is 12.4 Å². The lowest BCUT2D eigenvalue weighted by atomic mass is 10.3. The first-order valence-corrected chi connectivity index (χ1v) is 7.07. The molecule has 0 aromatic carbocycles. The highest BCUT2D eigenvalue weighted by molar-refractivity contribution is 7.91. The maximum atomic E-state index is 11.5. The van der Waals surface area contributed by atoms with Crippen LogP contribution < -0.4 is 4.74 Å². The van der Waals surface area contributed by atoms with Gasteiger partial charge in [-0.3, -0.25) is 4.98 Å². The molecule has 0 atom stereocenters. The molecular formula is C11H15NO5S. The number of aromatic nitrogens is 1. The van der Waals surface area contributed by atoms with Gasteiger partial charge in [-0.2, -0.15) is 0 Å². The van der Waals surface area contributed by atoms with E-state index in [2.05, 4.69) is 4.98 Å². The fraction of sp³-hybridized carbons (Fsp3) is 0.455. The van der Waals surface area contributed by atoms with Gasteiger partial charge in [0.15, 0.2) is 9.84 Å². The number of rotatable bonds is 6. The van der Waals surface area contributed by atoms with Crippen molar-refractivity contribution in [2.45, 2.75) is 19.1 Å². The molecule has 1 heterocycles. The first kappa shape index (κ1) is 14.4. The largest absolute Gasteiger partial charge is 0.491 e. The van der Waals surface area contributed by atoms with E-state index in [0.29, 0.717) is 0 Å². The number of carbonyl (C=O) groups is 1. The molecule has 18 heavy (non-hydrogen) atoms. The van der Waals surface area contributed by atoms with E-state index < -0.39 is 21.1 Å². The Bertz CT molecular complexity index is 524. The van der Waals surface area contributed by atoms with Gasteiger partial charge in [0, 0.05) is 6.20 Å². The molecule has 1 aromatic heterocycles. The Kier molecular flexibility index (Phi) is 4.66. The molecule has 0 aliphatic carbocycles. The Morgan fingerprint density at radius 1 is 1.44 bits per heavy atom. The van der Waals surface area contributed by atoms with E-state index in [0.717, 1.165) is 0 Å². The van der Waals surface area contributed by atoms with E-state index in [-0.39, 0.29) is 23.7 Å². The summed E-state index contributed by atoms with van der Waals surface area (Å²) in [4.78, 5) is 14.4. The van der Waals surface area contributed by atoms with Crippen LogP contribution in [0.1, 0.15) is 24.2 Å². The minimum Gasteiger partial charge on any atom is -0.491 e. The molecule has 0 unspecified atom stereocenters. The predicted molar refractivity (Wildman–Crippen MR) is 65.6 cm³/mol. The molecule has 7 heteroatoms. The van der Waals surface area contributed by atoms with Crippen LogP contribution >= 0.6 is 0 Å². The summed E-state index contributed by atoms with van der Waals surface area (Å²) >= 11 is 0. The highest BCUT2D eigenvalue weighted by Gasteiger charge is 2.16. The van der Waals surface area contributed by atoms with E-state index >= 15 is 0 Å². The normalized spacial score (nSPS) is 11.5. The molecule has 0 radical (unpaired) electrons. The number of aromatic carboxylic acids is 1. The summed E-state index contributed by atoms with van der Waals surface area (Å²) in [5.41, 5.74) is -0.000725. The second-order valence-electron chi connectivity index (χ2n) is 3.98. The second-order valence-corrected chi connectivity index (χ2v) is 6.66. The first-order chi connectivity index (χ1) is 8.33. The number of nitrogens with zero attached hydrogens (tertiary/aromatic N) is 1. The first-order valence-electron chi connectivity index (χ1n) is 5.35. The zero-order chi connectivity index (χ0) is 13.8. The van der Waals surface area contributed by atoms with Gasteiger partial charge in [0.2, 0.25) is 0 Å². The molecule has 0 saturated carbocycles. The molecule has 0 aliphatic rings. The maximum absolute atomic E-state index is 11.5. The van der Waals surface area contributed by atoms with Crippen LogP contribution in [0.3, 0.4) is 0 Å². The fourth-order valence-corrected chi connectivity index (χ4v) is 1.91. The monoisotopic (exact) mass is 273 g/mol. The lowest BCUT2D eigenvalue weighted by Crippen LogP contribution is -2.22. The van der Waals surface area contributed by atoms with Gasteiger partial charge >= 0.3 is 5.97 Å². The minimum absolute atomic E-state index is 0.000725. The lowest BCUT2D eigenvalue weighted by Gasteiger charge is -2.09. The van der Waals surface area contributed by atoms with E-state index in [1.807, 2.05) is 0 Å². The third kappa shape index (κ3) is 3.99. The number of ether oxygens (including phenoxy) is 1. The van der Waals surface area contributed by atoms with Crippen molar-refractivity contribution in [3.8, 4) is 5.75 Å². The average Bonchev–Trinajstić information content (AvgIpc) is 2.29. The Labute approximate surface area is 106 Å². The van der Waals surface area contributed by atoms with Crippen LogP contribution in [0.25, 0.3) is 0 Å². The zero-order valence-corrected chi connectivity index (χ0v) is 11.0. The molecular weight excluding hydrogens is 258 g/mol. The van der Waals surface area contributed by atoms with Crippen molar-refractivity contribution < 1.29 is 23.1 Å². The predicted octanol–water partition coefficient (Wildman–Crippen LogP) is 0.982. The van der Waals surface area contributed by atoms with Crippen LogP contribution in [0.15, 0.2) is 18.5 Å². The Hall–Kier alpha value is -1.63. The van der Waals surface area contributed by atoms with Crippen molar-refractivity contribution >= 4 is 15.8 Å². The van der Waals surface area contributed by atoms with E-state index in [1.165, 1.54) is 18.5 Å².